The zero-order valence-corrected chi connectivity index (χ0v) is 11.1. The molecule has 0 unspecified atom stereocenters. The van der Waals surface area contributed by atoms with Crippen LogP contribution in [0.15, 0.2) is 18.2 Å². The number of aryl methyl sites for hydroxylation is 1. The minimum atomic E-state index is 0.0253. The van der Waals surface area contributed by atoms with Gasteiger partial charge in [-0.05, 0) is 61.9 Å². The van der Waals surface area contributed by atoms with Crippen molar-refractivity contribution in [2.24, 2.45) is 5.92 Å². The second kappa shape index (κ2) is 5.61. The van der Waals surface area contributed by atoms with Gasteiger partial charge in [-0.3, -0.25) is 4.79 Å². The predicted molar refractivity (Wildman–Crippen MR) is 74.5 cm³/mol. The number of hydrogen-bond acceptors (Lipinski definition) is 3. The van der Waals surface area contributed by atoms with E-state index in [1.165, 1.54) is 18.4 Å². The Labute approximate surface area is 113 Å². The zero-order chi connectivity index (χ0) is 13.1. The maximum Gasteiger partial charge on any atom is 0.238 e. The number of hydrogen-bond donors (Lipinski definition) is 2. The van der Waals surface area contributed by atoms with Crippen LogP contribution in [0.2, 0.25) is 0 Å². The van der Waals surface area contributed by atoms with Crippen LogP contribution in [0.4, 0.5) is 5.69 Å². The maximum atomic E-state index is 11.8. The second-order valence-electron chi connectivity index (χ2n) is 5.40. The van der Waals surface area contributed by atoms with Crippen molar-refractivity contribution >= 4 is 11.6 Å². The molecule has 102 valence electrons. The van der Waals surface area contributed by atoms with Crippen LogP contribution < -0.4 is 15.4 Å². The van der Waals surface area contributed by atoms with Gasteiger partial charge in [0.25, 0.3) is 0 Å². The van der Waals surface area contributed by atoms with Crippen molar-refractivity contribution in [2.45, 2.75) is 25.7 Å². The summed E-state index contributed by atoms with van der Waals surface area (Å²) in [7, 11) is 0. The number of amides is 1. The van der Waals surface area contributed by atoms with Gasteiger partial charge in [0, 0.05) is 5.69 Å². The van der Waals surface area contributed by atoms with Gasteiger partial charge in [0.15, 0.2) is 0 Å². The number of benzene rings is 1. The molecular weight excluding hydrogens is 240 g/mol. The summed E-state index contributed by atoms with van der Waals surface area (Å²) in [5.74, 6) is 1.78. The Hall–Kier alpha value is -1.55. The number of carbonyl (C=O) groups is 1. The topological polar surface area (TPSA) is 50.4 Å². The van der Waals surface area contributed by atoms with E-state index in [-0.39, 0.29) is 5.91 Å². The second-order valence-corrected chi connectivity index (χ2v) is 5.40. The predicted octanol–water partition coefficient (Wildman–Crippen LogP) is 1.95. The fourth-order valence-electron chi connectivity index (χ4n) is 2.36. The largest absolute Gasteiger partial charge is 0.493 e. The molecule has 1 saturated carbocycles. The zero-order valence-electron chi connectivity index (χ0n) is 11.1. The lowest BCUT2D eigenvalue weighted by Gasteiger charge is -2.18. The molecule has 1 aromatic carbocycles. The van der Waals surface area contributed by atoms with Crippen molar-refractivity contribution in [1.82, 2.24) is 5.32 Å². The van der Waals surface area contributed by atoms with Gasteiger partial charge in [0.05, 0.1) is 13.2 Å². The average Bonchev–Trinajstić information content (AvgIpc) is 3.23. The molecule has 0 bridgehead atoms. The molecule has 1 aliphatic carbocycles. The summed E-state index contributed by atoms with van der Waals surface area (Å²) in [5.41, 5.74) is 2.05. The quantitative estimate of drug-likeness (QED) is 0.850. The lowest BCUT2D eigenvalue weighted by molar-refractivity contribution is -0.115. The van der Waals surface area contributed by atoms with Crippen molar-refractivity contribution in [2.75, 3.05) is 25.0 Å². The summed E-state index contributed by atoms with van der Waals surface area (Å²) < 4.78 is 5.56. The third kappa shape index (κ3) is 3.47. The molecule has 2 N–H and O–H groups in total. The molecule has 1 amide bonds. The molecule has 19 heavy (non-hydrogen) atoms. The first-order chi connectivity index (χ1) is 9.31. The van der Waals surface area contributed by atoms with E-state index in [1.807, 2.05) is 18.2 Å². The van der Waals surface area contributed by atoms with Gasteiger partial charge in [0.1, 0.15) is 5.75 Å². The number of nitrogens with one attached hydrogen (secondary N) is 2. The number of anilines is 1. The highest BCUT2D eigenvalue weighted by molar-refractivity contribution is 5.92. The summed E-state index contributed by atoms with van der Waals surface area (Å²) in [5, 5.41) is 6.12. The lowest BCUT2D eigenvalue weighted by Crippen LogP contribution is -2.29. The average molecular weight is 260 g/mol. The smallest absolute Gasteiger partial charge is 0.238 e. The van der Waals surface area contributed by atoms with Crippen molar-refractivity contribution in [3.63, 3.8) is 0 Å². The third-order valence-electron chi connectivity index (χ3n) is 3.61. The molecule has 4 nitrogen and oxygen atoms in total. The first kappa shape index (κ1) is 12.5. The highest BCUT2D eigenvalue weighted by atomic mass is 16.5. The van der Waals surface area contributed by atoms with Crippen molar-refractivity contribution in [3.8, 4) is 5.75 Å². The van der Waals surface area contributed by atoms with Crippen LogP contribution in [0.5, 0.6) is 5.75 Å². The lowest BCUT2D eigenvalue weighted by atomic mass is 10.1. The summed E-state index contributed by atoms with van der Waals surface area (Å²) in [6.07, 6.45) is 4.69. The molecule has 0 aromatic heterocycles. The minimum Gasteiger partial charge on any atom is -0.493 e. The SMILES string of the molecule is O=C(CNCC1CC1)Nc1ccc2c(c1)CCCO2. The van der Waals surface area contributed by atoms with E-state index in [0.717, 1.165) is 43.3 Å². The fourth-order valence-corrected chi connectivity index (χ4v) is 2.36. The first-order valence-electron chi connectivity index (χ1n) is 7.07. The Bertz CT molecular complexity index is 469. The summed E-state index contributed by atoms with van der Waals surface area (Å²) >= 11 is 0. The Morgan fingerprint density at radius 3 is 3.11 bits per heavy atom. The van der Waals surface area contributed by atoms with Crippen LogP contribution in [-0.4, -0.2) is 25.6 Å². The highest BCUT2D eigenvalue weighted by Crippen LogP contribution is 2.28. The number of rotatable bonds is 5. The van der Waals surface area contributed by atoms with Crippen molar-refractivity contribution in [1.29, 1.82) is 0 Å². The van der Waals surface area contributed by atoms with E-state index in [2.05, 4.69) is 10.6 Å². The molecule has 0 atom stereocenters. The van der Waals surface area contributed by atoms with Gasteiger partial charge >= 0.3 is 0 Å². The maximum absolute atomic E-state index is 11.8. The van der Waals surface area contributed by atoms with E-state index in [9.17, 15) is 4.79 Å². The summed E-state index contributed by atoms with van der Waals surface area (Å²) in [6, 6.07) is 5.87. The highest BCUT2D eigenvalue weighted by Gasteiger charge is 2.20. The third-order valence-corrected chi connectivity index (χ3v) is 3.61. The van der Waals surface area contributed by atoms with Crippen LogP contribution in [-0.2, 0) is 11.2 Å². The van der Waals surface area contributed by atoms with Gasteiger partial charge in [0.2, 0.25) is 5.91 Å². The Morgan fingerprint density at radius 1 is 1.37 bits per heavy atom. The van der Waals surface area contributed by atoms with Crippen LogP contribution in [0.3, 0.4) is 0 Å². The van der Waals surface area contributed by atoms with E-state index in [4.69, 9.17) is 4.74 Å². The van der Waals surface area contributed by atoms with Gasteiger partial charge in [-0.15, -0.1) is 0 Å². The molecule has 0 saturated heterocycles. The van der Waals surface area contributed by atoms with E-state index in [0.29, 0.717) is 6.54 Å². The first-order valence-corrected chi connectivity index (χ1v) is 7.07. The Kier molecular flexibility index (Phi) is 3.69. The van der Waals surface area contributed by atoms with Gasteiger partial charge < -0.3 is 15.4 Å². The molecule has 1 fully saturated rings. The van der Waals surface area contributed by atoms with Gasteiger partial charge in [-0.1, -0.05) is 0 Å². The molecule has 1 aliphatic heterocycles. The number of carbonyl (C=O) groups excluding carboxylic acids is 1. The Morgan fingerprint density at radius 2 is 2.26 bits per heavy atom. The summed E-state index contributed by atoms with van der Waals surface area (Å²) in [4.78, 5) is 11.8. The van der Waals surface area contributed by atoms with Crippen molar-refractivity contribution < 1.29 is 9.53 Å². The molecule has 2 aliphatic rings. The molecule has 0 radical (unpaired) electrons. The van der Waals surface area contributed by atoms with Crippen LogP contribution in [0.25, 0.3) is 0 Å². The number of fused-ring (bicyclic) bond motifs is 1. The summed E-state index contributed by atoms with van der Waals surface area (Å²) in [6.45, 7) is 2.15. The fraction of sp³-hybridized carbons (Fsp3) is 0.533. The standard InChI is InChI=1S/C15H20N2O2/c18-15(10-16-9-11-3-4-11)17-13-5-6-14-12(8-13)2-1-7-19-14/h5-6,8,11,16H,1-4,7,9-10H2,(H,17,18). The Balaban J connectivity index is 1.51. The van der Waals surface area contributed by atoms with Gasteiger partial charge in [-0.25, -0.2) is 0 Å². The molecule has 1 heterocycles. The number of ether oxygens (including phenoxy) is 1. The van der Waals surface area contributed by atoms with E-state index >= 15 is 0 Å². The molecule has 3 rings (SSSR count). The minimum absolute atomic E-state index is 0.0253. The monoisotopic (exact) mass is 260 g/mol. The molecule has 4 heteroatoms. The van der Waals surface area contributed by atoms with Crippen molar-refractivity contribution in [3.05, 3.63) is 23.8 Å². The molecule has 0 spiro atoms. The van der Waals surface area contributed by atoms with E-state index < -0.39 is 0 Å². The van der Waals surface area contributed by atoms with E-state index in [1.54, 1.807) is 0 Å². The van der Waals surface area contributed by atoms with Gasteiger partial charge in [-0.2, -0.15) is 0 Å². The van der Waals surface area contributed by atoms with Crippen LogP contribution in [0, 0.1) is 5.92 Å². The van der Waals surface area contributed by atoms with Crippen LogP contribution in [0.1, 0.15) is 24.8 Å². The molecule has 1 aromatic rings. The molecular formula is C15H20N2O2. The van der Waals surface area contributed by atoms with Crippen LogP contribution >= 0.6 is 0 Å². The normalized spacial score (nSPS) is 17.5.